The van der Waals surface area contributed by atoms with Crippen LogP contribution in [0.4, 0.5) is 0 Å². The van der Waals surface area contributed by atoms with Crippen LogP contribution in [0.15, 0.2) is 136 Å². The van der Waals surface area contributed by atoms with Crippen LogP contribution in [-0.4, -0.2) is 5.71 Å². The summed E-state index contributed by atoms with van der Waals surface area (Å²) in [6, 6.07) is 28.5. The fourth-order valence-electron chi connectivity index (χ4n) is 6.50. The molecule has 0 N–H and O–H groups in total. The normalized spacial score (nSPS) is 15.8. The van der Waals surface area contributed by atoms with E-state index < -0.39 is 0 Å². The van der Waals surface area contributed by atoms with Gasteiger partial charge in [0, 0.05) is 22.0 Å². The van der Waals surface area contributed by atoms with E-state index in [9.17, 15) is 0 Å². The molecule has 0 aliphatic heterocycles. The number of aliphatic imine (C=N–C) groups is 1. The van der Waals surface area contributed by atoms with Gasteiger partial charge in [0.15, 0.2) is 0 Å². The number of nitrogens with zero attached hydrogens (tertiary/aromatic N) is 1. The minimum Gasteiger partial charge on any atom is -0.455 e. The van der Waals surface area contributed by atoms with Gasteiger partial charge in [-0.3, -0.25) is 4.99 Å². The fourth-order valence-corrected chi connectivity index (χ4v) is 6.50. The highest BCUT2D eigenvalue weighted by atomic mass is 16.3. The van der Waals surface area contributed by atoms with Gasteiger partial charge < -0.3 is 4.42 Å². The molecule has 5 aromatic rings. The molecule has 0 bridgehead atoms. The van der Waals surface area contributed by atoms with Crippen molar-refractivity contribution in [2.75, 3.05) is 0 Å². The molecule has 0 saturated heterocycles. The van der Waals surface area contributed by atoms with E-state index in [0.29, 0.717) is 0 Å². The number of rotatable bonds is 7. The van der Waals surface area contributed by atoms with Crippen molar-refractivity contribution in [3.63, 3.8) is 0 Å². The Morgan fingerprint density at radius 1 is 0.886 bits per heavy atom. The van der Waals surface area contributed by atoms with Crippen LogP contribution in [-0.2, 0) is 6.42 Å². The first-order valence-electron chi connectivity index (χ1n) is 15.7. The molecule has 1 heterocycles. The SMILES string of the molecule is C/C=C\C=C/C1=Cc2cccc(-c3cccc4c3oc3cc(C(C)=NC(C)c5ccc(C6=CCCC=C6)cc5)ccc34)c2C1. The second-order valence-electron chi connectivity index (χ2n) is 11.8. The first-order valence-corrected chi connectivity index (χ1v) is 15.7. The van der Waals surface area contributed by atoms with Crippen LogP contribution < -0.4 is 0 Å². The van der Waals surface area contributed by atoms with Gasteiger partial charge in [0.1, 0.15) is 11.2 Å². The molecule has 0 saturated carbocycles. The molecule has 7 rings (SSSR count). The van der Waals surface area contributed by atoms with Crippen molar-refractivity contribution in [1.82, 2.24) is 0 Å². The highest BCUT2D eigenvalue weighted by molar-refractivity contribution is 6.12. The van der Waals surface area contributed by atoms with E-state index in [1.807, 2.05) is 6.92 Å². The molecule has 44 heavy (non-hydrogen) atoms. The Balaban J connectivity index is 1.18. The first-order chi connectivity index (χ1) is 21.6. The number of para-hydroxylation sites is 1. The van der Waals surface area contributed by atoms with Crippen LogP contribution in [0.2, 0.25) is 0 Å². The van der Waals surface area contributed by atoms with E-state index in [-0.39, 0.29) is 6.04 Å². The van der Waals surface area contributed by atoms with Crippen LogP contribution in [0.25, 0.3) is 44.7 Å². The lowest BCUT2D eigenvalue weighted by molar-refractivity contribution is 0.670. The average Bonchev–Trinajstić information content (AvgIpc) is 3.66. The lowest BCUT2D eigenvalue weighted by Crippen LogP contribution is -1.99. The Hall–Kier alpha value is -4.95. The molecule has 0 fully saturated rings. The zero-order valence-corrected chi connectivity index (χ0v) is 25.7. The van der Waals surface area contributed by atoms with Crippen LogP contribution in [0.1, 0.15) is 67.5 Å². The maximum Gasteiger partial charge on any atom is 0.143 e. The second kappa shape index (κ2) is 12.0. The van der Waals surface area contributed by atoms with Crippen molar-refractivity contribution in [3.8, 4) is 11.1 Å². The molecule has 2 nitrogen and oxygen atoms in total. The third-order valence-electron chi connectivity index (χ3n) is 8.86. The summed E-state index contributed by atoms with van der Waals surface area (Å²) >= 11 is 0. The Kier molecular flexibility index (Phi) is 7.58. The molecule has 0 amide bonds. The maximum absolute atomic E-state index is 6.65. The third kappa shape index (κ3) is 5.33. The minimum absolute atomic E-state index is 0.0596. The fraction of sp³-hybridized carbons (Fsp3) is 0.167. The van der Waals surface area contributed by atoms with E-state index >= 15 is 0 Å². The van der Waals surface area contributed by atoms with Crippen molar-refractivity contribution in [3.05, 3.63) is 155 Å². The van der Waals surface area contributed by atoms with Crippen molar-refractivity contribution in [2.24, 2.45) is 4.99 Å². The second-order valence-corrected chi connectivity index (χ2v) is 11.8. The largest absolute Gasteiger partial charge is 0.455 e. The highest BCUT2D eigenvalue weighted by Gasteiger charge is 2.20. The van der Waals surface area contributed by atoms with Gasteiger partial charge in [-0.2, -0.15) is 0 Å². The molecule has 0 spiro atoms. The predicted molar refractivity (Wildman–Crippen MR) is 188 cm³/mol. The van der Waals surface area contributed by atoms with Crippen molar-refractivity contribution in [1.29, 1.82) is 0 Å². The van der Waals surface area contributed by atoms with Gasteiger partial charge in [-0.15, -0.1) is 0 Å². The molecule has 4 aromatic carbocycles. The van der Waals surface area contributed by atoms with Crippen LogP contribution in [0.3, 0.4) is 0 Å². The van der Waals surface area contributed by atoms with Gasteiger partial charge in [0.25, 0.3) is 0 Å². The summed E-state index contributed by atoms with van der Waals surface area (Å²) in [6.45, 7) is 6.30. The van der Waals surface area contributed by atoms with Crippen molar-refractivity contribution >= 4 is 39.3 Å². The van der Waals surface area contributed by atoms with Gasteiger partial charge >= 0.3 is 0 Å². The van der Waals surface area contributed by atoms with E-state index in [1.54, 1.807) is 0 Å². The quantitative estimate of drug-likeness (QED) is 0.141. The van der Waals surface area contributed by atoms with Gasteiger partial charge in [-0.05, 0) is 96.7 Å². The molecule has 2 aliphatic carbocycles. The number of hydrogen-bond donors (Lipinski definition) is 0. The Morgan fingerprint density at radius 2 is 1.73 bits per heavy atom. The monoisotopic (exact) mass is 571 g/mol. The number of furan rings is 1. The smallest absolute Gasteiger partial charge is 0.143 e. The Labute approximate surface area is 260 Å². The summed E-state index contributed by atoms with van der Waals surface area (Å²) in [5, 5.41) is 2.28. The predicted octanol–water partition coefficient (Wildman–Crippen LogP) is 11.6. The topological polar surface area (TPSA) is 25.5 Å². The lowest BCUT2D eigenvalue weighted by Gasteiger charge is -2.12. The molecular formula is C42H37NO. The summed E-state index contributed by atoms with van der Waals surface area (Å²) in [7, 11) is 0. The Bertz CT molecular complexity index is 2060. The molecule has 0 radical (unpaired) electrons. The van der Waals surface area contributed by atoms with Gasteiger partial charge in [-0.25, -0.2) is 0 Å². The zero-order chi connectivity index (χ0) is 30.0. The molecule has 1 atom stereocenters. The van der Waals surface area contributed by atoms with Crippen LogP contribution >= 0.6 is 0 Å². The van der Waals surface area contributed by atoms with Crippen LogP contribution in [0, 0.1) is 0 Å². The summed E-state index contributed by atoms with van der Waals surface area (Å²) in [5.41, 5.74) is 14.1. The summed E-state index contributed by atoms with van der Waals surface area (Å²) < 4.78 is 6.65. The highest BCUT2D eigenvalue weighted by Crippen LogP contribution is 2.40. The first kappa shape index (κ1) is 27.9. The van der Waals surface area contributed by atoms with Gasteiger partial charge in [-0.1, -0.05) is 115 Å². The number of benzene rings is 4. The molecule has 2 aliphatic rings. The Morgan fingerprint density at radius 3 is 2.55 bits per heavy atom. The van der Waals surface area contributed by atoms with E-state index in [0.717, 1.165) is 58.0 Å². The van der Waals surface area contributed by atoms with E-state index in [4.69, 9.17) is 9.41 Å². The molecule has 1 aromatic heterocycles. The van der Waals surface area contributed by atoms with E-state index in [2.05, 4.69) is 141 Å². The number of fused-ring (bicyclic) bond motifs is 4. The van der Waals surface area contributed by atoms with E-state index in [1.165, 1.54) is 39.0 Å². The molecule has 216 valence electrons. The van der Waals surface area contributed by atoms with Crippen LogP contribution in [0.5, 0.6) is 0 Å². The molecule has 2 heteroatoms. The maximum atomic E-state index is 6.65. The lowest BCUT2D eigenvalue weighted by atomic mass is 9.94. The number of hydrogen-bond acceptors (Lipinski definition) is 2. The third-order valence-corrected chi connectivity index (χ3v) is 8.86. The number of allylic oxidation sites excluding steroid dienone is 9. The summed E-state index contributed by atoms with van der Waals surface area (Å²) in [4.78, 5) is 5.09. The van der Waals surface area contributed by atoms with Gasteiger partial charge in [0.05, 0.1) is 6.04 Å². The average molecular weight is 572 g/mol. The summed E-state index contributed by atoms with van der Waals surface area (Å²) in [6.07, 6.45) is 20.7. The van der Waals surface area contributed by atoms with Crippen molar-refractivity contribution < 1.29 is 4.42 Å². The van der Waals surface area contributed by atoms with Crippen molar-refractivity contribution in [2.45, 2.75) is 46.1 Å². The zero-order valence-electron chi connectivity index (χ0n) is 25.7. The minimum atomic E-state index is 0.0596. The summed E-state index contributed by atoms with van der Waals surface area (Å²) in [5.74, 6) is 0. The molecular weight excluding hydrogens is 534 g/mol. The van der Waals surface area contributed by atoms with Gasteiger partial charge in [0.2, 0.25) is 0 Å². The standard InChI is InChI=1S/C42H37NO/c1-4-5-7-12-30-25-35-15-10-16-36(40(35)26-30)38-17-11-18-39-37-24-23-34(27-41(37)44-42(38)39)29(3)43-28(2)31-19-21-33(22-20-31)32-13-8-6-9-14-32/h4-5,7-8,10-25,27-28H,6,9,26H2,1-3H3/b5-4-,12-7-,43-29?. The molecule has 1 unspecified atom stereocenters.